The largest absolute Gasteiger partial charge is 0.508 e. The van der Waals surface area contributed by atoms with Crippen molar-refractivity contribution in [1.82, 2.24) is 10.1 Å². The van der Waals surface area contributed by atoms with Crippen LogP contribution in [0, 0.1) is 5.92 Å². The number of aromatic hydroxyl groups is 2. The molecule has 2 heterocycles. The maximum absolute atomic E-state index is 12.5. The smallest absolute Gasteiger partial charge is 0.239 e. The number of hydrogen-bond acceptors (Lipinski definition) is 6. The van der Waals surface area contributed by atoms with E-state index in [1.165, 1.54) is 30.9 Å². The Morgan fingerprint density at radius 1 is 1.09 bits per heavy atom. The summed E-state index contributed by atoms with van der Waals surface area (Å²) in [5.74, 6) is 0.206. The Morgan fingerprint density at radius 2 is 1.80 bits per heavy atom. The number of hydrogen-bond donors (Lipinski definition) is 3. The van der Waals surface area contributed by atoms with Gasteiger partial charge in [-0.2, -0.15) is 0 Å². The quantitative estimate of drug-likeness (QED) is 0.395. The van der Waals surface area contributed by atoms with Gasteiger partial charge in [0, 0.05) is 24.1 Å². The molecular formula is C28H33N3O4. The number of carbonyl (C=O) groups is 1. The van der Waals surface area contributed by atoms with E-state index in [2.05, 4.69) is 27.5 Å². The zero-order valence-electron chi connectivity index (χ0n) is 20.4. The van der Waals surface area contributed by atoms with Gasteiger partial charge in [0.15, 0.2) is 0 Å². The molecule has 1 saturated heterocycles. The van der Waals surface area contributed by atoms with Crippen molar-refractivity contribution in [3.63, 3.8) is 0 Å². The monoisotopic (exact) mass is 475 g/mol. The first-order chi connectivity index (χ1) is 16.9. The highest BCUT2D eigenvalue weighted by molar-refractivity contribution is 5.99. The van der Waals surface area contributed by atoms with Gasteiger partial charge in [-0.05, 0) is 67.4 Å². The summed E-state index contributed by atoms with van der Waals surface area (Å²) < 4.78 is 5.63. The van der Waals surface area contributed by atoms with Gasteiger partial charge in [0.2, 0.25) is 11.8 Å². The number of nitrogens with one attached hydrogen (secondary N) is 1. The van der Waals surface area contributed by atoms with Crippen LogP contribution in [-0.4, -0.2) is 39.3 Å². The molecule has 3 N–H and O–H groups in total. The second-order valence-electron chi connectivity index (χ2n) is 10.1. The van der Waals surface area contributed by atoms with E-state index in [1.54, 1.807) is 6.07 Å². The molecule has 1 aromatic heterocycles. The molecule has 2 fully saturated rings. The molecule has 2 aromatic carbocycles. The first-order valence-corrected chi connectivity index (χ1v) is 12.6. The summed E-state index contributed by atoms with van der Waals surface area (Å²) >= 11 is 0. The van der Waals surface area contributed by atoms with E-state index in [-0.39, 0.29) is 35.1 Å². The standard InChI is InChI=1S/C28H33N3O4/c1-17(2)21-14-22(24(33)15-23(21)32)26-25(28(35-30-26)29-27(34)20-10-11-20)19-8-6-18(7-9-19)16-31-12-4-3-5-13-31/h6-9,14-15,17,20,32-33H,3-5,10-13,16H2,1-2H3,(H,29,34). The Kier molecular flexibility index (Phi) is 6.52. The fraction of sp³-hybridized carbons (Fsp3) is 0.429. The summed E-state index contributed by atoms with van der Waals surface area (Å²) in [5.41, 5.74) is 4.28. The van der Waals surface area contributed by atoms with Crippen LogP contribution in [0.5, 0.6) is 11.5 Å². The number of nitrogens with zero attached hydrogens (tertiary/aromatic N) is 2. The number of benzene rings is 2. The Hall–Kier alpha value is -3.32. The number of phenols is 2. The van der Waals surface area contributed by atoms with Crippen molar-refractivity contribution in [3.8, 4) is 33.9 Å². The van der Waals surface area contributed by atoms with E-state index >= 15 is 0 Å². The molecule has 0 bridgehead atoms. The van der Waals surface area contributed by atoms with Crippen molar-refractivity contribution in [1.29, 1.82) is 0 Å². The van der Waals surface area contributed by atoms with E-state index in [4.69, 9.17) is 4.52 Å². The maximum atomic E-state index is 12.5. The number of carbonyl (C=O) groups excluding carboxylic acids is 1. The Bertz CT molecular complexity index is 1210. The summed E-state index contributed by atoms with van der Waals surface area (Å²) in [6.07, 6.45) is 5.57. The third-order valence-corrected chi connectivity index (χ3v) is 7.00. The minimum Gasteiger partial charge on any atom is -0.508 e. The van der Waals surface area contributed by atoms with E-state index in [1.807, 2.05) is 26.0 Å². The molecule has 1 amide bonds. The summed E-state index contributed by atoms with van der Waals surface area (Å²) in [7, 11) is 0. The normalized spacial score (nSPS) is 16.5. The van der Waals surface area contributed by atoms with E-state index in [0.717, 1.165) is 38.0 Å². The second kappa shape index (κ2) is 9.74. The average molecular weight is 476 g/mol. The molecule has 0 spiro atoms. The van der Waals surface area contributed by atoms with Crippen LogP contribution in [0.3, 0.4) is 0 Å². The van der Waals surface area contributed by atoms with Crippen molar-refractivity contribution < 1.29 is 19.5 Å². The van der Waals surface area contributed by atoms with Gasteiger partial charge in [0.1, 0.15) is 17.2 Å². The highest BCUT2D eigenvalue weighted by Crippen LogP contribution is 2.44. The number of amides is 1. The minimum absolute atomic E-state index is 0.0120. The van der Waals surface area contributed by atoms with Crippen molar-refractivity contribution in [2.75, 3.05) is 18.4 Å². The van der Waals surface area contributed by atoms with Crippen LogP contribution >= 0.6 is 0 Å². The Labute approximate surface area is 205 Å². The van der Waals surface area contributed by atoms with Crippen molar-refractivity contribution in [2.24, 2.45) is 5.92 Å². The molecule has 1 saturated carbocycles. The lowest BCUT2D eigenvalue weighted by molar-refractivity contribution is -0.117. The van der Waals surface area contributed by atoms with E-state index in [9.17, 15) is 15.0 Å². The molecule has 7 heteroatoms. The molecular weight excluding hydrogens is 442 g/mol. The fourth-order valence-electron chi connectivity index (χ4n) is 4.79. The SMILES string of the molecule is CC(C)c1cc(-c2noc(NC(=O)C3CC3)c2-c2ccc(CN3CCCCC3)cc2)c(O)cc1O. The van der Waals surface area contributed by atoms with Crippen LogP contribution in [0.25, 0.3) is 22.4 Å². The number of rotatable bonds is 7. The van der Waals surface area contributed by atoms with Crippen LogP contribution < -0.4 is 5.32 Å². The molecule has 0 atom stereocenters. The molecule has 7 nitrogen and oxygen atoms in total. The van der Waals surface area contributed by atoms with Crippen molar-refractivity contribution in [3.05, 3.63) is 47.5 Å². The summed E-state index contributed by atoms with van der Waals surface area (Å²) in [6, 6.07) is 11.3. The summed E-state index contributed by atoms with van der Waals surface area (Å²) in [5, 5.41) is 28.2. The van der Waals surface area contributed by atoms with Crippen molar-refractivity contribution >= 4 is 11.8 Å². The van der Waals surface area contributed by atoms with Gasteiger partial charge >= 0.3 is 0 Å². The first kappa shape index (κ1) is 23.4. The minimum atomic E-state index is -0.0942. The van der Waals surface area contributed by atoms with Crippen LogP contribution in [0.4, 0.5) is 5.88 Å². The molecule has 0 radical (unpaired) electrons. The molecule has 2 aliphatic rings. The van der Waals surface area contributed by atoms with Gasteiger partial charge < -0.3 is 14.7 Å². The third-order valence-electron chi connectivity index (χ3n) is 7.00. The number of aromatic nitrogens is 1. The maximum Gasteiger partial charge on any atom is 0.239 e. The van der Waals surface area contributed by atoms with Gasteiger partial charge in [-0.3, -0.25) is 15.0 Å². The van der Waals surface area contributed by atoms with E-state index < -0.39 is 0 Å². The van der Waals surface area contributed by atoms with Crippen LogP contribution in [0.15, 0.2) is 40.9 Å². The predicted octanol–water partition coefficient (Wildman–Crippen LogP) is 5.88. The molecule has 35 heavy (non-hydrogen) atoms. The number of likely N-dealkylation sites (tertiary alicyclic amines) is 1. The molecule has 1 aliphatic heterocycles. The molecule has 5 rings (SSSR count). The average Bonchev–Trinajstić information content (AvgIpc) is 3.62. The van der Waals surface area contributed by atoms with Gasteiger partial charge in [-0.1, -0.05) is 49.7 Å². The Balaban J connectivity index is 1.53. The summed E-state index contributed by atoms with van der Waals surface area (Å²) in [4.78, 5) is 15.0. The molecule has 0 unspecified atom stereocenters. The van der Waals surface area contributed by atoms with Gasteiger partial charge in [0.05, 0.1) is 5.56 Å². The van der Waals surface area contributed by atoms with Crippen molar-refractivity contribution in [2.45, 2.75) is 58.4 Å². The number of anilines is 1. The lowest BCUT2D eigenvalue weighted by Crippen LogP contribution is -2.28. The third kappa shape index (κ3) is 5.05. The number of piperidine rings is 1. The van der Waals surface area contributed by atoms with Gasteiger partial charge in [0.25, 0.3) is 0 Å². The van der Waals surface area contributed by atoms with E-state index in [0.29, 0.717) is 22.4 Å². The van der Waals surface area contributed by atoms with Gasteiger partial charge in [-0.25, -0.2) is 0 Å². The highest BCUT2D eigenvalue weighted by Gasteiger charge is 2.32. The molecule has 3 aromatic rings. The topological polar surface area (TPSA) is 98.8 Å². The molecule has 1 aliphatic carbocycles. The number of phenolic OH excluding ortho intramolecular Hbond substituents is 2. The van der Waals surface area contributed by atoms with Gasteiger partial charge in [-0.15, -0.1) is 0 Å². The zero-order chi connectivity index (χ0) is 24.5. The van der Waals surface area contributed by atoms with Crippen LogP contribution in [0.1, 0.15) is 63.0 Å². The zero-order valence-corrected chi connectivity index (χ0v) is 20.4. The Morgan fingerprint density at radius 3 is 2.46 bits per heavy atom. The summed E-state index contributed by atoms with van der Waals surface area (Å²) in [6.45, 7) is 7.13. The first-order valence-electron chi connectivity index (χ1n) is 12.6. The lowest BCUT2D eigenvalue weighted by Gasteiger charge is -2.26. The fourth-order valence-corrected chi connectivity index (χ4v) is 4.79. The van der Waals surface area contributed by atoms with Crippen LogP contribution in [-0.2, 0) is 11.3 Å². The predicted molar refractivity (Wildman–Crippen MR) is 135 cm³/mol. The van der Waals surface area contributed by atoms with Crippen LogP contribution in [0.2, 0.25) is 0 Å². The lowest BCUT2D eigenvalue weighted by atomic mass is 9.94. The molecule has 184 valence electrons. The second-order valence-corrected chi connectivity index (χ2v) is 10.1. The highest BCUT2D eigenvalue weighted by atomic mass is 16.5.